The maximum atomic E-state index is 12.9. The zero-order valence-electron chi connectivity index (χ0n) is 7.37. The Morgan fingerprint density at radius 1 is 1.29 bits per heavy atom. The Balaban J connectivity index is 2.81. The molecule has 0 aliphatic rings. The highest BCUT2D eigenvalue weighted by Gasteiger charge is 2.05. The second-order valence-corrected chi connectivity index (χ2v) is 2.89. The van der Waals surface area contributed by atoms with Crippen molar-refractivity contribution < 1.29 is 4.39 Å². The van der Waals surface area contributed by atoms with Crippen molar-refractivity contribution in [2.45, 2.75) is 6.54 Å². The Labute approximate surface area is 79.8 Å². The van der Waals surface area contributed by atoms with E-state index >= 15 is 0 Å². The van der Waals surface area contributed by atoms with Crippen LogP contribution in [-0.4, -0.2) is 9.97 Å². The number of anilines is 1. The van der Waals surface area contributed by atoms with E-state index in [2.05, 4.69) is 9.97 Å². The Bertz CT molecular complexity index is 483. The van der Waals surface area contributed by atoms with E-state index < -0.39 is 0 Å². The lowest BCUT2D eigenvalue weighted by Crippen LogP contribution is -2.05. The number of halogens is 1. The van der Waals surface area contributed by atoms with Gasteiger partial charge in [-0.15, -0.1) is 0 Å². The molecule has 4 nitrogen and oxygen atoms in total. The van der Waals surface area contributed by atoms with Gasteiger partial charge < -0.3 is 11.5 Å². The minimum Gasteiger partial charge on any atom is -0.368 e. The lowest BCUT2D eigenvalue weighted by atomic mass is 10.2. The predicted molar refractivity (Wildman–Crippen MR) is 51.8 cm³/mol. The smallest absolute Gasteiger partial charge is 0.220 e. The molecule has 2 rings (SSSR count). The van der Waals surface area contributed by atoms with Gasteiger partial charge in [-0.05, 0) is 18.2 Å². The first-order valence-electron chi connectivity index (χ1n) is 4.12. The van der Waals surface area contributed by atoms with Crippen molar-refractivity contribution in [2.24, 2.45) is 5.73 Å². The third-order valence-corrected chi connectivity index (χ3v) is 1.95. The van der Waals surface area contributed by atoms with E-state index in [4.69, 9.17) is 11.5 Å². The fourth-order valence-electron chi connectivity index (χ4n) is 1.34. The van der Waals surface area contributed by atoms with Crippen LogP contribution in [0.2, 0.25) is 0 Å². The number of nitrogens with two attached hydrogens (primary N) is 2. The van der Waals surface area contributed by atoms with E-state index in [-0.39, 0.29) is 18.3 Å². The fourth-order valence-corrected chi connectivity index (χ4v) is 1.34. The maximum Gasteiger partial charge on any atom is 0.220 e. The average molecular weight is 192 g/mol. The minimum absolute atomic E-state index is 0.157. The van der Waals surface area contributed by atoms with Crippen molar-refractivity contribution in [3.63, 3.8) is 0 Å². The monoisotopic (exact) mass is 192 g/mol. The van der Waals surface area contributed by atoms with E-state index in [1.807, 2.05) is 0 Å². The number of nitrogen functional groups attached to an aromatic ring is 1. The Kier molecular flexibility index (Phi) is 2.01. The van der Waals surface area contributed by atoms with Gasteiger partial charge in [0.05, 0.1) is 11.2 Å². The molecule has 0 aliphatic carbocycles. The van der Waals surface area contributed by atoms with Gasteiger partial charge in [-0.2, -0.15) is 0 Å². The summed E-state index contributed by atoms with van der Waals surface area (Å²) in [7, 11) is 0. The van der Waals surface area contributed by atoms with E-state index in [1.165, 1.54) is 12.1 Å². The number of aromatic nitrogens is 2. The largest absolute Gasteiger partial charge is 0.368 e. The van der Waals surface area contributed by atoms with E-state index in [1.54, 1.807) is 6.07 Å². The predicted octanol–water partition coefficient (Wildman–Crippen LogP) is 0.810. The van der Waals surface area contributed by atoms with Gasteiger partial charge in [-0.1, -0.05) is 0 Å². The first kappa shape index (κ1) is 8.83. The summed E-state index contributed by atoms with van der Waals surface area (Å²) in [6.07, 6.45) is 0. The molecule has 0 spiro atoms. The SMILES string of the molecule is NCc1nc(N)nc2ccc(F)cc12. The topological polar surface area (TPSA) is 77.8 Å². The molecule has 14 heavy (non-hydrogen) atoms. The summed E-state index contributed by atoms with van der Waals surface area (Å²) in [5, 5.41) is 0.613. The molecule has 0 unspecified atom stereocenters. The second kappa shape index (κ2) is 3.19. The molecular formula is C9H9FN4. The Hall–Kier alpha value is -1.75. The van der Waals surface area contributed by atoms with Crippen molar-refractivity contribution in [1.29, 1.82) is 0 Å². The highest BCUT2D eigenvalue weighted by Crippen LogP contribution is 2.17. The summed E-state index contributed by atoms with van der Waals surface area (Å²) < 4.78 is 12.9. The van der Waals surface area contributed by atoms with Crippen molar-refractivity contribution in [3.8, 4) is 0 Å². The molecule has 5 heteroatoms. The first-order chi connectivity index (χ1) is 6.70. The first-order valence-corrected chi connectivity index (χ1v) is 4.12. The van der Waals surface area contributed by atoms with Crippen LogP contribution in [0.5, 0.6) is 0 Å². The molecule has 1 aromatic heterocycles. The van der Waals surface area contributed by atoms with Crippen LogP contribution < -0.4 is 11.5 Å². The van der Waals surface area contributed by atoms with Gasteiger partial charge >= 0.3 is 0 Å². The van der Waals surface area contributed by atoms with Gasteiger partial charge in [0.25, 0.3) is 0 Å². The van der Waals surface area contributed by atoms with Crippen LogP contribution in [0.15, 0.2) is 18.2 Å². The zero-order chi connectivity index (χ0) is 10.1. The quantitative estimate of drug-likeness (QED) is 0.700. The molecule has 0 aliphatic heterocycles. The summed E-state index contributed by atoms with van der Waals surface area (Å²) in [6.45, 7) is 0.215. The zero-order valence-corrected chi connectivity index (χ0v) is 7.37. The molecule has 0 radical (unpaired) electrons. The summed E-state index contributed by atoms with van der Waals surface area (Å²) in [5.41, 5.74) is 12.1. The van der Waals surface area contributed by atoms with Crippen molar-refractivity contribution in [3.05, 3.63) is 29.7 Å². The molecule has 0 saturated heterocycles. The molecule has 0 fully saturated rings. The van der Waals surface area contributed by atoms with Crippen LogP contribution >= 0.6 is 0 Å². The van der Waals surface area contributed by atoms with Crippen LogP contribution in [-0.2, 0) is 6.54 Å². The van der Waals surface area contributed by atoms with Gasteiger partial charge in [0.1, 0.15) is 5.82 Å². The van der Waals surface area contributed by atoms with Crippen molar-refractivity contribution in [1.82, 2.24) is 9.97 Å². The molecule has 0 amide bonds. The summed E-state index contributed by atoms with van der Waals surface area (Å²) in [6, 6.07) is 4.24. The van der Waals surface area contributed by atoms with Crippen LogP contribution in [0.1, 0.15) is 5.69 Å². The number of hydrogen-bond acceptors (Lipinski definition) is 4. The van der Waals surface area contributed by atoms with Gasteiger partial charge in [-0.3, -0.25) is 0 Å². The van der Waals surface area contributed by atoms with Crippen LogP contribution in [0, 0.1) is 5.82 Å². The molecule has 72 valence electrons. The molecule has 4 N–H and O–H groups in total. The third kappa shape index (κ3) is 1.38. The molecule has 0 bridgehead atoms. The standard InChI is InChI=1S/C9H9FN4/c10-5-1-2-7-6(3-5)8(4-11)14-9(12)13-7/h1-3H,4,11H2,(H2,12,13,14). The lowest BCUT2D eigenvalue weighted by molar-refractivity contribution is 0.629. The van der Waals surface area contributed by atoms with Gasteiger partial charge in [0, 0.05) is 11.9 Å². The van der Waals surface area contributed by atoms with E-state index in [0.717, 1.165) is 0 Å². The number of rotatable bonds is 1. The molecule has 2 aromatic rings. The van der Waals surface area contributed by atoms with Gasteiger partial charge in [0.15, 0.2) is 0 Å². The molecule has 0 saturated carbocycles. The van der Waals surface area contributed by atoms with Crippen LogP contribution in [0.4, 0.5) is 10.3 Å². The van der Waals surface area contributed by atoms with Gasteiger partial charge in [0.2, 0.25) is 5.95 Å². The second-order valence-electron chi connectivity index (χ2n) is 2.89. The summed E-state index contributed by atoms with van der Waals surface area (Å²) in [5.74, 6) is -0.176. The Morgan fingerprint density at radius 3 is 2.79 bits per heavy atom. The fraction of sp³-hybridized carbons (Fsp3) is 0.111. The highest BCUT2D eigenvalue weighted by molar-refractivity contribution is 5.81. The molecular weight excluding hydrogens is 183 g/mol. The Morgan fingerprint density at radius 2 is 2.07 bits per heavy atom. The number of hydrogen-bond donors (Lipinski definition) is 2. The lowest BCUT2D eigenvalue weighted by Gasteiger charge is -2.03. The van der Waals surface area contributed by atoms with Crippen molar-refractivity contribution >= 4 is 16.9 Å². The normalized spacial score (nSPS) is 10.7. The number of nitrogens with zero attached hydrogens (tertiary/aromatic N) is 2. The van der Waals surface area contributed by atoms with Crippen LogP contribution in [0.25, 0.3) is 10.9 Å². The molecule has 1 heterocycles. The third-order valence-electron chi connectivity index (χ3n) is 1.95. The summed E-state index contributed by atoms with van der Waals surface area (Å²) >= 11 is 0. The molecule has 1 aromatic carbocycles. The number of benzene rings is 1. The highest BCUT2D eigenvalue weighted by atomic mass is 19.1. The number of fused-ring (bicyclic) bond motifs is 1. The average Bonchev–Trinajstić information content (AvgIpc) is 2.17. The van der Waals surface area contributed by atoms with E-state index in [0.29, 0.717) is 16.6 Å². The minimum atomic E-state index is -0.333. The van der Waals surface area contributed by atoms with Crippen molar-refractivity contribution in [2.75, 3.05) is 5.73 Å². The molecule has 0 atom stereocenters. The van der Waals surface area contributed by atoms with Gasteiger partial charge in [-0.25, -0.2) is 14.4 Å². The summed E-state index contributed by atoms with van der Waals surface area (Å²) in [4.78, 5) is 7.91. The van der Waals surface area contributed by atoms with Crippen LogP contribution in [0.3, 0.4) is 0 Å². The maximum absolute atomic E-state index is 12.9. The van der Waals surface area contributed by atoms with E-state index in [9.17, 15) is 4.39 Å².